The number of carbonyl (C=O) groups excluding carboxylic acids is 1. The molecule has 5 nitrogen and oxygen atoms in total. The van der Waals surface area contributed by atoms with E-state index in [1.165, 1.54) is 0 Å². The molecule has 1 aromatic heterocycles. The molecule has 0 saturated carbocycles. The lowest BCUT2D eigenvalue weighted by molar-refractivity contribution is -0.145. The summed E-state index contributed by atoms with van der Waals surface area (Å²) < 4.78 is 10.2. The van der Waals surface area contributed by atoms with E-state index in [0.717, 1.165) is 0 Å². The highest BCUT2D eigenvalue weighted by Gasteiger charge is 2.42. The normalized spacial score (nSPS) is 25.3. The summed E-state index contributed by atoms with van der Waals surface area (Å²) in [6.45, 7) is 1.75. The summed E-state index contributed by atoms with van der Waals surface area (Å²) in [6, 6.07) is 3.34. The monoisotopic (exact) mass is 210 g/mol. The molecule has 0 aromatic carbocycles. The Morgan fingerprint density at radius 3 is 2.80 bits per heavy atom. The van der Waals surface area contributed by atoms with Crippen molar-refractivity contribution in [3.8, 4) is 0 Å². The van der Waals surface area contributed by atoms with Gasteiger partial charge in [0.25, 0.3) is 0 Å². The van der Waals surface area contributed by atoms with Gasteiger partial charge in [0.15, 0.2) is 6.10 Å². The van der Waals surface area contributed by atoms with Gasteiger partial charge in [-0.25, -0.2) is 0 Å². The van der Waals surface area contributed by atoms with Gasteiger partial charge in [-0.05, 0) is 19.1 Å². The third kappa shape index (κ3) is 1.72. The van der Waals surface area contributed by atoms with Gasteiger partial charge < -0.3 is 14.3 Å². The number of aliphatic carboxylic acids is 1. The van der Waals surface area contributed by atoms with Crippen molar-refractivity contribution in [3.05, 3.63) is 23.7 Å². The number of cyclic esters (lactones) is 1. The highest BCUT2D eigenvalue weighted by atomic mass is 16.6. The number of hydrogen-bond donors (Lipinski definition) is 1. The molecule has 1 N–H and O–H groups in total. The van der Waals surface area contributed by atoms with Crippen LogP contribution in [0.1, 0.15) is 24.0 Å². The predicted molar refractivity (Wildman–Crippen MR) is 48.0 cm³/mol. The van der Waals surface area contributed by atoms with Crippen LogP contribution in [0.5, 0.6) is 0 Å². The van der Waals surface area contributed by atoms with E-state index in [1.807, 2.05) is 0 Å². The van der Waals surface area contributed by atoms with Gasteiger partial charge in [0.2, 0.25) is 0 Å². The van der Waals surface area contributed by atoms with Crippen LogP contribution in [0.3, 0.4) is 0 Å². The van der Waals surface area contributed by atoms with Crippen molar-refractivity contribution in [1.29, 1.82) is 0 Å². The lowest BCUT2D eigenvalue weighted by atomic mass is 10.00. The molecule has 15 heavy (non-hydrogen) atoms. The van der Waals surface area contributed by atoms with E-state index in [-0.39, 0.29) is 6.42 Å². The number of furan rings is 1. The minimum absolute atomic E-state index is 0.0975. The van der Waals surface area contributed by atoms with Crippen molar-refractivity contribution >= 4 is 11.9 Å². The molecule has 0 spiro atoms. The van der Waals surface area contributed by atoms with Gasteiger partial charge in [0.05, 0.1) is 6.42 Å². The molecule has 1 aromatic rings. The number of ether oxygens (including phenoxy) is 1. The van der Waals surface area contributed by atoms with E-state index in [9.17, 15) is 9.59 Å². The average molecular weight is 210 g/mol. The van der Waals surface area contributed by atoms with Crippen molar-refractivity contribution in [1.82, 2.24) is 0 Å². The van der Waals surface area contributed by atoms with Crippen LogP contribution in [0.15, 0.2) is 16.5 Å². The highest BCUT2D eigenvalue weighted by Crippen LogP contribution is 2.36. The van der Waals surface area contributed by atoms with Crippen molar-refractivity contribution in [3.63, 3.8) is 0 Å². The zero-order chi connectivity index (χ0) is 11.0. The number of rotatable bonds is 2. The van der Waals surface area contributed by atoms with Crippen molar-refractivity contribution in [2.75, 3.05) is 0 Å². The summed E-state index contributed by atoms with van der Waals surface area (Å²) in [4.78, 5) is 21.9. The fraction of sp³-hybridized carbons (Fsp3) is 0.400. The molecule has 1 saturated heterocycles. The SMILES string of the molecule is Cc1ccc(C2OC(=O)CC2C(=O)O)o1. The largest absolute Gasteiger partial charge is 0.481 e. The molecule has 2 rings (SSSR count). The first-order valence-electron chi connectivity index (χ1n) is 4.56. The lowest BCUT2D eigenvalue weighted by Crippen LogP contribution is -2.17. The molecular weight excluding hydrogens is 200 g/mol. The van der Waals surface area contributed by atoms with E-state index in [1.54, 1.807) is 19.1 Å². The fourth-order valence-electron chi connectivity index (χ4n) is 1.64. The Labute approximate surface area is 85.6 Å². The van der Waals surface area contributed by atoms with E-state index in [0.29, 0.717) is 11.5 Å². The Morgan fingerprint density at radius 2 is 2.27 bits per heavy atom. The Balaban J connectivity index is 2.27. The van der Waals surface area contributed by atoms with Gasteiger partial charge in [0.1, 0.15) is 17.4 Å². The minimum atomic E-state index is -1.04. The summed E-state index contributed by atoms with van der Waals surface area (Å²) in [5, 5.41) is 8.90. The van der Waals surface area contributed by atoms with E-state index in [2.05, 4.69) is 0 Å². The van der Waals surface area contributed by atoms with Crippen LogP contribution in [0.25, 0.3) is 0 Å². The Hall–Kier alpha value is -1.78. The summed E-state index contributed by atoms with van der Waals surface area (Å²) in [5.41, 5.74) is 0. The van der Waals surface area contributed by atoms with Crippen molar-refractivity contribution in [2.45, 2.75) is 19.4 Å². The maximum absolute atomic E-state index is 11.0. The van der Waals surface area contributed by atoms with Crippen molar-refractivity contribution < 1.29 is 23.8 Å². The molecule has 80 valence electrons. The standard InChI is InChI=1S/C10H10O5/c1-5-2-3-7(14-5)9-6(10(12)13)4-8(11)15-9/h2-3,6,9H,4H2,1H3,(H,12,13). The van der Waals surface area contributed by atoms with Crippen LogP contribution < -0.4 is 0 Å². The molecular formula is C10H10O5. The average Bonchev–Trinajstić information content (AvgIpc) is 2.71. The zero-order valence-corrected chi connectivity index (χ0v) is 8.10. The quantitative estimate of drug-likeness (QED) is 0.744. The van der Waals surface area contributed by atoms with Crippen LogP contribution in [0.2, 0.25) is 0 Å². The highest BCUT2D eigenvalue weighted by molar-refractivity contribution is 5.82. The third-order valence-corrected chi connectivity index (χ3v) is 2.37. The van der Waals surface area contributed by atoms with Crippen LogP contribution in [-0.4, -0.2) is 17.0 Å². The lowest BCUT2D eigenvalue weighted by Gasteiger charge is -2.10. The number of carboxylic acids is 1. The van der Waals surface area contributed by atoms with Crippen molar-refractivity contribution in [2.24, 2.45) is 5.92 Å². The van der Waals surface area contributed by atoms with Gasteiger partial charge in [-0.2, -0.15) is 0 Å². The maximum atomic E-state index is 11.0. The van der Waals surface area contributed by atoms with E-state index < -0.39 is 24.0 Å². The Morgan fingerprint density at radius 1 is 1.53 bits per heavy atom. The smallest absolute Gasteiger partial charge is 0.311 e. The molecule has 0 bridgehead atoms. The second-order valence-electron chi connectivity index (χ2n) is 3.51. The molecule has 2 heterocycles. The first kappa shape index (κ1) is 9.76. The molecule has 1 fully saturated rings. The first-order valence-corrected chi connectivity index (χ1v) is 4.56. The van der Waals surface area contributed by atoms with Gasteiger partial charge in [0, 0.05) is 0 Å². The van der Waals surface area contributed by atoms with Gasteiger partial charge in [-0.3, -0.25) is 9.59 Å². The third-order valence-electron chi connectivity index (χ3n) is 2.37. The number of carbonyl (C=O) groups is 2. The molecule has 1 aliphatic rings. The summed E-state index contributed by atoms with van der Waals surface area (Å²) >= 11 is 0. The molecule has 1 aliphatic heterocycles. The van der Waals surface area contributed by atoms with Gasteiger partial charge in [-0.1, -0.05) is 0 Å². The number of carboxylic acid groups (broad SMARTS) is 1. The van der Waals surface area contributed by atoms with E-state index >= 15 is 0 Å². The summed E-state index contributed by atoms with van der Waals surface area (Å²) in [6.07, 6.45) is -0.886. The molecule has 0 radical (unpaired) electrons. The number of esters is 1. The van der Waals surface area contributed by atoms with Crippen LogP contribution in [0.4, 0.5) is 0 Å². The zero-order valence-electron chi connectivity index (χ0n) is 8.10. The summed E-state index contributed by atoms with van der Waals surface area (Å²) in [7, 11) is 0. The van der Waals surface area contributed by atoms with Crippen LogP contribution >= 0.6 is 0 Å². The topological polar surface area (TPSA) is 76.7 Å². The Kier molecular flexibility index (Phi) is 2.22. The van der Waals surface area contributed by atoms with Gasteiger partial charge in [-0.15, -0.1) is 0 Å². The molecule has 2 unspecified atom stereocenters. The fourth-order valence-corrected chi connectivity index (χ4v) is 1.64. The second-order valence-corrected chi connectivity index (χ2v) is 3.51. The van der Waals surface area contributed by atoms with Crippen LogP contribution in [0, 0.1) is 12.8 Å². The molecule has 0 amide bonds. The second kappa shape index (κ2) is 3.42. The molecule has 0 aliphatic carbocycles. The predicted octanol–water partition coefficient (Wildman–Crippen LogP) is 1.28. The number of aryl methyl sites for hydroxylation is 1. The summed E-state index contributed by atoms with van der Waals surface area (Å²) in [5.74, 6) is -1.33. The van der Waals surface area contributed by atoms with Gasteiger partial charge >= 0.3 is 11.9 Å². The maximum Gasteiger partial charge on any atom is 0.311 e. The molecule has 5 heteroatoms. The molecule has 2 atom stereocenters. The van der Waals surface area contributed by atoms with Crippen LogP contribution in [-0.2, 0) is 14.3 Å². The minimum Gasteiger partial charge on any atom is -0.481 e. The Bertz CT molecular complexity index is 406. The van der Waals surface area contributed by atoms with E-state index in [4.69, 9.17) is 14.3 Å². The number of hydrogen-bond acceptors (Lipinski definition) is 4. The first-order chi connectivity index (χ1) is 7.08.